The number of carbonyl (C=O) groups excluding carboxylic acids is 1. The second-order valence-corrected chi connectivity index (χ2v) is 7.61. The van der Waals surface area contributed by atoms with E-state index in [-0.39, 0.29) is 0 Å². The summed E-state index contributed by atoms with van der Waals surface area (Å²) in [4.78, 5) is 10.4. The summed E-state index contributed by atoms with van der Waals surface area (Å²) in [6, 6.07) is 0. The standard InChI is InChI=1S/C4H3Br3O2/c1-2-3(8)9-4(5,6)7/h2H,1H2. The highest BCUT2D eigenvalue weighted by atomic mass is 80.0. The second kappa shape index (κ2) is 3.73. The zero-order chi connectivity index (χ0) is 7.49. The average molecular weight is 323 g/mol. The van der Waals surface area contributed by atoms with Crippen molar-refractivity contribution >= 4 is 53.8 Å². The summed E-state index contributed by atoms with van der Waals surface area (Å²) < 4.78 is 3.62. The molecule has 0 radical (unpaired) electrons. The molecule has 0 aliphatic heterocycles. The molecule has 52 valence electrons. The van der Waals surface area contributed by atoms with Crippen LogP contribution in [0.4, 0.5) is 0 Å². The monoisotopic (exact) mass is 320 g/mol. The van der Waals surface area contributed by atoms with Crippen LogP contribution in [0.1, 0.15) is 0 Å². The quantitative estimate of drug-likeness (QED) is 0.421. The van der Waals surface area contributed by atoms with Crippen molar-refractivity contribution in [2.24, 2.45) is 0 Å². The van der Waals surface area contributed by atoms with Crippen LogP contribution in [-0.4, -0.2) is 8.30 Å². The molecule has 0 fully saturated rings. The minimum Gasteiger partial charge on any atom is -0.424 e. The lowest BCUT2D eigenvalue weighted by Crippen LogP contribution is -2.11. The highest BCUT2D eigenvalue weighted by Gasteiger charge is 2.20. The number of ether oxygens (including phenoxy) is 1. The SMILES string of the molecule is C=CC(=O)OC(Br)(Br)Br. The highest BCUT2D eigenvalue weighted by Crippen LogP contribution is 2.34. The van der Waals surface area contributed by atoms with E-state index in [1.54, 1.807) is 0 Å². The molecule has 0 bridgehead atoms. The number of alkyl halides is 3. The van der Waals surface area contributed by atoms with E-state index < -0.39 is 8.30 Å². The largest absolute Gasteiger partial charge is 0.424 e. The molecule has 0 atom stereocenters. The summed E-state index contributed by atoms with van der Waals surface area (Å²) in [7, 11) is 0. The first-order chi connectivity index (χ1) is 3.95. The fourth-order valence-electron chi connectivity index (χ4n) is 0.156. The molecule has 0 unspecified atom stereocenters. The van der Waals surface area contributed by atoms with Gasteiger partial charge in [-0.3, -0.25) is 0 Å². The van der Waals surface area contributed by atoms with Gasteiger partial charge in [0.15, 0.2) is 0 Å². The molecule has 5 heteroatoms. The van der Waals surface area contributed by atoms with Crippen LogP contribution in [0.2, 0.25) is 0 Å². The lowest BCUT2D eigenvalue weighted by atomic mass is 10.7. The van der Waals surface area contributed by atoms with Crippen molar-refractivity contribution < 1.29 is 9.53 Å². The summed E-state index contributed by atoms with van der Waals surface area (Å²) in [5.41, 5.74) is 0. The first-order valence-electron chi connectivity index (χ1n) is 1.88. The summed E-state index contributed by atoms with van der Waals surface area (Å²) in [5, 5.41) is 0. The van der Waals surface area contributed by atoms with E-state index in [1.165, 1.54) is 0 Å². The lowest BCUT2D eigenvalue weighted by molar-refractivity contribution is -0.136. The molecule has 0 N–H and O–H groups in total. The lowest BCUT2D eigenvalue weighted by Gasteiger charge is -2.10. The third-order valence-corrected chi connectivity index (χ3v) is 0.869. The van der Waals surface area contributed by atoms with E-state index in [4.69, 9.17) is 0 Å². The van der Waals surface area contributed by atoms with Gasteiger partial charge in [-0.1, -0.05) is 6.58 Å². The van der Waals surface area contributed by atoms with Crippen molar-refractivity contribution in [2.75, 3.05) is 0 Å². The molecular weight excluding hydrogens is 320 g/mol. The van der Waals surface area contributed by atoms with Gasteiger partial charge < -0.3 is 4.74 Å². The summed E-state index contributed by atoms with van der Waals surface area (Å²) in [5.74, 6) is -0.513. The minimum atomic E-state index is -0.960. The third kappa shape index (κ3) is 6.54. The van der Waals surface area contributed by atoms with Crippen LogP contribution in [-0.2, 0) is 9.53 Å². The Labute approximate surface area is 78.0 Å². The molecule has 9 heavy (non-hydrogen) atoms. The fourth-order valence-corrected chi connectivity index (χ4v) is 0.634. The van der Waals surface area contributed by atoms with E-state index in [9.17, 15) is 4.79 Å². The maximum atomic E-state index is 10.4. The van der Waals surface area contributed by atoms with E-state index in [0.717, 1.165) is 6.08 Å². The van der Waals surface area contributed by atoms with Crippen molar-refractivity contribution in [3.63, 3.8) is 0 Å². The van der Waals surface area contributed by atoms with Gasteiger partial charge in [-0.05, 0) is 47.8 Å². The Morgan fingerprint density at radius 1 is 1.56 bits per heavy atom. The van der Waals surface area contributed by atoms with Gasteiger partial charge in [0, 0.05) is 6.08 Å². The predicted octanol–water partition coefficient (Wildman–Crippen LogP) is 2.51. The summed E-state index contributed by atoms with van der Waals surface area (Å²) in [6.45, 7) is 3.21. The molecule has 0 aromatic rings. The molecule has 0 saturated carbocycles. The molecule has 0 heterocycles. The third-order valence-electron chi connectivity index (χ3n) is 0.383. The predicted molar refractivity (Wildman–Crippen MR) is 45.8 cm³/mol. The Morgan fingerprint density at radius 3 is 2.11 bits per heavy atom. The van der Waals surface area contributed by atoms with Crippen LogP contribution < -0.4 is 0 Å². The number of carbonyl (C=O) groups is 1. The fraction of sp³-hybridized carbons (Fsp3) is 0.250. The van der Waals surface area contributed by atoms with Gasteiger partial charge in [-0.25, -0.2) is 4.79 Å². The van der Waals surface area contributed by atoms with Gasteiger partial charge >= 0.3 is 5.97 Å². The summed E-state index contributed by atoms with van der Waals surface area (Å²) in [6.07, 6.45) is 1.07. The Hall–Kier alpha value is 0.650. The molecule has 0 saturated heterocycles. The van der Waals surface area contributed by atoms with E-state index in [1.807, 2.05) is 0 Å². The zero-order valence-corrected chi connectivity index (χ0v) is 8.99. The van der Waals surface area contributed by atoms with Crippen molar-refractivity contribution in [1.29, 1.82) is 0 Å². The molecule has 0 aromatic carbocycles. The second-order valence-electron chi connectivity index (χ2n) is 1.07. The van der Waals surface area contributed by atoms with Crippen LogP contribution in [0, 0.1) is 0 Å². The van der Waals surface area contributed by atoms with Crippen LogP contribution in [0.25, 0.3) is 0 Å². The molecule has 2 nitrogen and oxygen atoms in total. The Kier molecular flexibility index (Phi) is 4.00. The highest BCUT2D eigenvalue weighted by molar-refractivity contribution is 9.39. The minimum absolute atomic E-state index is 0.513. The normalized spacial score (nSPS) is 10.6. The molecule has 0 aliphatic carbocycles. The van der Waals surface area contributed by atoms with Crippen LogP contribution in [0.5, 0.6) is 0 Å². The first kappa shape index (κ1) is 9.65. The zero-order valence-electron chi connectivity index (χ0n) is 4.23. The first-order valence-corrected chi connectivity index (χ1v) is 4.26. The molecule has 0 spiro atoms. The van der Waals surface area contributed by atoms with Crippen molar-refractivity contribution in [1.82, 2.24) is 0 Å². The van der Waals surface area contributed by atoms with Crippen molar-refractivity contribution in [3.05, 3.63) is 12.7 Å². The molecule has 0 aliphatic rings. The molecule has 0 aromatic heterocycles. The number of rotatable bonds is 1. The van der Waals surface area contributed by atoms with E-state index >= 15 is 0 Å². The number of halogens is 3. The Balaban J connectivity index is 3.74. The maximum absolute atomic E-state index is 10.4. The topological polar surface area (TPSA) is 26.3 Å². The van der Waals surface area contributed by atoms with Gasteiger partial charge in [-0.15, -0.1) is 0 Å². The van der Waals surface area contributed by atoms with Crippen LogP contribution in [0.15, 0.2) is 12.7 Å². The number of hydrogen-bond acceptors (Lipinski definition) is 2. The van der Waals surface area contributed by atoms with Gasteiger partial charge in [0.1, 0.15) is 0 Å². The summed E-state index contributed by atoms with van der Waals surface area (Å²) >= 11 is 8.89. The van der Waals surface area contributed by atoms with E-state index in [0.29, 0.717) is 0 Å². The maximum Gasteiger partial charge on any atom is 0.332 e. The Bertz CT molecular complexity index is 126. The van der Waals surface area contributed by atoms with Crippen LogP contribution >= 0.6 is 47.8 Å². The number of esters is 1. The van der Waals surface area contributed by atoms with Gasteiger partial charge in [0.05, 0.1) is 0 Å². The van der Waals surface area contributed by atoms with Gasteiger partial charge in [0.2, 0.25) is 0 Å². The Morgan fingerprint density at radius 2 is 2.00 bits per heavy atom. The molecular formula is C4H3Br3O2. The van der Waals surface area contributed by atoms with Gasteiger partial charge in [-0.2, -0.15) is 0 Å². The van der Waals surface area contributed by atoms with Crippen molar-refractivity contribution in [2.45, 2.75) is 2.33 Å². The molecule has 0 amide bonds. The van der Waals surface area contributed by atoms with E-state index in [2.05, 4.69) is 59.1 Å². The number of hydrogen-bond donors (Lipinski definition) is 0. The smallest absolute Gasteiger partial charge is 0.332 e. The van der Waals surface area contributed by atoms with Crippen LogP contribution in [0.3, 0.4) is 0 Å². The van der Waals surface area contributed by atoms with Gasteiger partial charge in [0.25, 0.3) is 2.33 Å². The van der Waals surface area contributed by atoms with Crippen molar-refractivity contribution in [3.8, 4) is 0 Å². The average Bonchev–Trinajstić information content (AvgIpc) is 1.62. The molecule has 0 rings (SSSR count).